The summed E-state index contributed by atoms with van der Waals surface area (Å²) in [6.07, 6.45) is 8.84. The van der Waals surface area contributed by atoms with Crippen molar-refractivity contribution in [1.82, 2.24) is 19.9 Å². The summed E-state index contributed by atoms with van der Waals surface area (Å²) in [7, 11) is 0. The van der Waals surface area contributed by atoms with Gasteiger partial charge in [-0.2, -0.15) is 0 Å². The topological polar surface area (TPSA) is 65.5 Å². The van der Waals surface area contributed by atoms with E-state index in [2.05, 4.69) is 24.8 Å². The van der Waals surface area contributed by atoms with Gasteiger partial charge in [0.1, 0.15) is 17.3 Å². The van der Waals surface area contributed by atoms with Gasteiger partial charge in [0.25, 0.3) is 5.91 Å². The van der Waals surface area contributed by atoms with E-state index in [1.807, 2.05) is 23.1 Å². The van der Waals surface area contributed by atoms with Crippen molar-refractivity contribution in [1.29, 1.82) is 0 Å². The maximum atomic E-state index is 12.7. The van der Waals surface area contributed by atoms with Crippen molar-refractivity contribution in [2.45, 2.75) is 19.3 Å². The van der Waals surface area contributed by atoms with Crippen LogP contribution in [0.3, 0.4) is 0 Å². The van der Waals surface area contributed by atoms with Crippen LogP contribution in [-0.2, 0) is 0 Å². The molecule has 7 heteroatoms. The van der Waals surface area contributed by atoms with Gasteiger partial charge in [-0.05, 0) is 31.4 Å². The van der Waals surface area contributed by atoms with Gasteiger partial charge in [0, 0.05) is 45.5 Å². The van der Waals surface area contributed by atoms with Crippen LogP contribution < -0.4 is 9.80 Å². The van der Waals surface area contributed by atoms with E-state index < -0.39 is 0 Å². The summed E-state index contributed by atoms with van der Waals surface area (Å²) in [5.74, 6) is 1.80. The number of hydrogen-bond acceptors (Lipinski definition) is 6. The van der Waals surface area contributed by atoms with E-state index >= 15 is 0 Å². The predicted molar refractivity (Wildman–Crippen MR) is 100 cm³/mol. The third kappa shape index (κ3) is 3.61. The molecule has 0 aromatic carbocycles. The van der Waals surface area contributed by atoms with Crippen LogP contribution in [-0.4, -0.2) is 65.0 Å². The summed E-state index contributed by atoms with van der Waals surface area (Å²) in [4.78, 5) is 32.2. The summed E-state index contributed by atoms with van der Waals surface area (Å²) in [6.45, 7) is 4.95. The second kappa shape index (κ2) is 7.68. The molecule has 0 N–H and O–H groups in total. The van der Waals surface area contributed by atoms with Crippen LogP contribution in [0, 0.1) is 0 Å². The van der Waals surface area contributed by atoms with E-state index in [1.165, 1.54) is 19.3 Å². The molecule has 2 aromatic rings. The maximum absolute atomic E-state index is 12.7. The molecule has 0 radical (unpaired) electrons. The Labute approximate surface area is 153 Å². The minimum atomic E-state index is -0.0386. The first-order chi connectivity index (χ1) is 12.8. The number of carbonyl (C=O) groups is 1. The van der Waals surface area contributed by atoms with Gasteiger partial charge in [-0.1, -0.05) is 6.07 Å². The number of amides is 1. The minimum Gasteiger partial charge on any atom is -0.355 e. The molecule has 4 heterocycles. The SMILES string of the molecule is O=C(c1cnc(N2CCCCC2)cn1)N1CCN(c2ccccn2)CC1. The number of rotatable bonds is 3. The smallest absolute Gasteiger partial charge is 0.274 e. The standard InChI is InChI=1S/C19H24N6O/c26-19(16-14-22-18(15-21-16)23-8-4-1-5-9-23)25-12-10-24(11-13-25)17-6-2-3-7-20-17/h2-3,6-7,14-15H,1,4-5,8-13H2. The zero-order valence-corrected chi connectivity index (χ0v) is 14.9. The summed E-state index contributed by atoms with van der Waals surface area (Å²) in [5, 5.41) is 0. The Morgan fingerprint density at radius 1 is 0.769 bits per heavy atom. The molecule has 2 saturated heterocycles. The van der Waals surface area contributed by atoms with Gasteiger partial charge < -0.3 is 14.7 Å². The van der Waals surface area contributed by atoms with E-state index in [1.54, 1.807) is 18.6 Å². The Morgan fingerprint density at radius 3 is 2.19 bits per heavy atom. The fourth-order valence-corrected chi connectivity index (χ4v) is 3.56. The second-order valence-corrected chi connectivity index (χ2v) is 6.77. The van der Waals surface area contributed by atoms with E-state index in [-0.39, 0.29) is 5.91 Å². The highest BCUT2D eigenvalue weighted by Crippen LogP contribution is 2.17. The molecule has 0 atom stereocenters. The molecule has 26 heavy (non-hydrogen) atoms. The number of piperazine rings is 1. The summed E-state index contributed by atoms with van der Waals surface area (Å²) in [6, 6.07) is 5.90. The van der Waals surface area contributed by atoms with Crippen LogP contribution in [0.4, 0.5) is 11.6 Å². The van der Waals surface area contributed by atoms with Crippen molar-refractivity contribution in [2.24, 2.45) is 0 Å². The average Bonchev–Trinajstić information content (AvgIpc) is 2.75. The van der Waals surface area contributed by atoms with Gasteiger partial charge >= 0.3 is 0 Å². The van der Waals surface area contributed by atoms with Gasteiger partial charge in [-0.3, -0.25) is 4.79 Å². The van der Waals surface area contributed by atoms with Gasteiger partial charge in [0.2, 0.25) is 0 Å². The highest BCUT2D eigenvalue weighted by Gasteiger charge is 2.24. The lowest BCUT2D eigenvalue weighted by Gasteiger charge is -2.35. The fraction of sp³-hybridized carbons (Fsp3) is 0.474. The predicted octanol–water partition coefficient (Wildman–Crippen LogP) is 1.82. The lowest BCUT2D eigenvalue weighted by Crippen LogP contribution is -2.49. The first kappa shape index (κ1) is 16.8. The first-order valence-corrected chi connectivity index (χ1v) is 9.33. The monoisotopic (exact) mass is 352 g/mol. The zero-order chi connectivity index (χ0) is 17.8. The Hall–Kier alpha value is -2.70. The molecule has 2 aromatic heterocycles. The summed E-state index contributed by atoms with van der Waals surface area (Å²) in [5.41, 5.74) is 0.428. The van der Waals surface area contributed by atoms with Crippen LogP contribution in [0.15, 0.2) is 36.8 Å². The van der Waals surface area contributed by atoms with E-state index in [4.69, 9.17) is 0 Å². The van der Waals surface area contributed by atoms with E-state index in [0.29, 0.717) is 18.8 Å². The van der Waals surface area contributed by atoms with Crippen molar-refractivity contribution in [2.75, 3.05) is 49.1 Å². The third-order valence-corrected chi connectivity index (χ3v) is 5.08. The highest BCUT2D eigenvalue weighted by molar-refractivity contribution is 5.92. The number of nitrogens with zero attached hydrogens (tertiary/aromatic N) is 6. The molecule has 0 spiro atoms. The second-order valence-electron chi connectivity index (χ2n) is 6.77. The number of hydrogen-bond donors (Lipinski definition) is 0. The molecule has 4 rings (SSSR count). The zero-order valence-electron chi connectivity index (χ0n) is 14.9. The van der Waals surface area contributed by atoms with Crippen molar-refractivity contribution in [3.8, 4) is 0 Å². The molecule has 0 bridgehead atoms. The molecule has 7 nitrogen and oxygen atoms in total. The molecule has 2 aliphatic heterocycles. The molecule has 2 aliphatic rings. The molecular weight excluding hydrogens is 328 g/mol. The molecule has 136 valence electrons. The van der Waals surface area contributed by atoms with Gasteiger partial charge in [-0.25, -0.2) is 15.0 Å². The van der Waals surface area contributed by atoms with Crippen LogP contribution in [0.2, 0.25) is 0 Å². The van der Waals surface area contributed by atoms with Crippen LogP contribution in [0.5, 0.6) is 0 Å². The van der Waals surface area contributed by atoms with Crippen molar-refractivity contribution in [3.05, 3.63) is 42.5 Å². The molecule has 0 saturated carbocycles. The molecule has 1 amide bonds. The minimum absolute atomic E-state index is 0.0386. The normalized spacial score (nSPS) is 18.1. The van der Waals surface area contributed by atoms with Crippen LogP contribution in [0.25, 0.3) is 0 Å². The molecular formula is C19H24N6O. The quantitative estimate of drug-likeness (QED) is 0.840. The lowest BCUT2D eigenvalue weighted by molar-refractivity contribution is 0.0740. The van der Waals surface area contributed by atoms with Crippen LogP contribution >= 0.6 is 0 Å². The van der Waals surface area contributed by atoms with Gasteiger partial charge in [0.15, 0.2) is 0 Å². The Kier molecular flexibility index (Phi) is 4.95. The highest BCUT2D eigenvalue weighted by atomic mass is 16.2. The molecule has 0 unspecified atom stereocenters. The van der Waals surface area contributed by atoms with Crippen molar-refractivity contribution >= 4 is 17.5 Å². The fourth-order valence-electron chi connectivity index (χ4n) is 3.56. The number of aromatic nitrogens is 3. The maximum Gasteiger partial charge on any atom is 0.274 e. The Balaban J connectivity index is 1.36. The Morgan fingerprint density at radius 2 is 1.54 bits per heavy atom. The summed E-state index contributed by atoms with van der Waals surface area (Å²) >= 11 is 0. The largest absolute Gasteiger partial charge is 0.355 e. The molecule has 0 aliphatic carbocycles. The molecule has 2 fully saturated rings. The summed E-state index contributed by atoms with van der Waals surface area (Å²) < 4.78 is 0. The number of anilines is 2. The van der Waals surface area contributed by atoms with E-state index in [9.17, 15) is 4.79 Å². The Bertz CT molecular complexity index is 721. The van der Waals surface area contributed by atoms with Crippen molar-refractivity contribution < 1.29 is 4.79 Å². The number of piperidine rings is 1. The average molecular weight is 352 g/mol. The van der Waals surface area contributed by atoms with Gasteiger partial charge in [0.05, 0.1) is 12.4 Å². The lowest BCUT2D eigenvalue weighted by atomic mass is 10.1. The van der Waals surface area contributed by atoms with Crippen LogP contribution in [0.1, 0.15) is 29.8 Å². The van der Waals surface area contributed by atoms with Crippen molar-refractivity contribution in [3.63, 3.8) is 0 Å². The number of pyridine rings is 1. The number of carbonyl (C=O) groups excluding carboxylic acids is 1. The third-order valence-electron chi connectivity index (χ3n) is 5.08. The van der Waals surface area contributed by atoms with Gasteiger partial charge in [-0.15, -0.1) is 0 Å². The first-order valence-electron chi connectivity index (χ1n) is 9.33. The van der Waals surface area contributed by atoms with E-state index in [0.717, 1.165) is 37.8 Å².